The summed E-state index contributed by atoms with van der Waals surface area (Å²) in [5.41, 5.74) is 0.309. The van der Waals surface area contributed by atoms with Crippen molar-refractivity contribution in [2.45, 2.75) is 13.3 Å². The highest BCUT2D eigenvalue weighted by Crippen LogP contribution is 2.27. The van der Waals surface area contributed by atoms with Gasteiger partial charge in [-0.3, -0.25) is 4.79 Å². The van der Waals surface area contributed by atoms with Crippen molar-refractivity contribution in [3.05, 3.63) is 28.0 Å². The van der Waals surface area contributed by atoms with E-state index in [4.69, 9.17) is 4.74 Å². The van der Waals surface area contributed by atoms with E-state index in [0.717, 1.165) is 0 Å². The first-order valence-corrected chi connectivity index (χ1v) is 4.85. The van der Waals surface area contributed by atoms with Crippen molar-refractivity contribution in [2.24, 2.45) is 0 Å². The van der Waals surface area contributed by atoms with Gasteiger partial charge in [-0.15, -0.1) is 0 Å². The lowest BCUT2D eigenvalue weighted by molar-refractivity contribution is -0.116. The molecule has 0 unspecified atom stereocenters. The molecule has 0 aliphatic heterocycles. The molecular formula is C10H10BrFO2. The minimum absolute atomic E-state index is 0.0578. The second-order valence-corrected chi connectivity index (χ2v) is 3.86. The van der Waals surface area contributed by atoms with Gasteiger partial charge in [0.15, 0.2) is 0 Å². The number of ketones is 1. The van der Waals surface area contributed by atoms with Gasteiger partial charge in [-0.05, 0) is 19.1 Å². The van der Waals surface area contributed by atoms with Crippen LogP contribution in [0.15, 0.2) is 16.6 Å². The van der Waals surface area contributed by atoms with Crippen molar-refractivity contribution in [2.75, 3.05) is 7.11 Å². The summed E-state index contributed by atoms with van der Waals surface area (Å²) in [6.45, 7) is 1.42. The molecule has 1 aromatic rings. The van der Waals surface area contributed by atoms with Crippen molar-refractivity contribution in [1.29, 1.82) is 0 Å². The Bertz CT molecular complexity index is 363. The summed E-state index contributed by atoms with van der Waals surface area (Å²) >= 11 is 3.15. The van der Waals surface area contributed by atoms with Crippen LogP contribution in [0.5, 0.6) is 5.75 Å². The zero-order valence-corrected chi connectivity index (χ0v) is 9.52. The summed E-state index contributed by atoms with van der Waals surface area (Å²) in [6.07, 6.45) is 0.0578. The highest BCUT2D eigenvalue weighted by Gasteiger charge is 2.12. The fourth-order valence-electron chi connectivity index (χ4n) is 1.18. The molecule has 0 atom stereocenters. The zero-order chi connectivity index (χ0) is 10.7. The predicted octanol–water partition coefficient (Wildman–Crippen LogP) is 2.73. The molecule has 0 aromatic heterocycles. The van der Waals surface area contributed by atoms with E-state index >= 15 is 0 Å². The maximum atomic E-state index is 13.4. The van der Waals surface area contributed by atoms with Gasteiger partial charge in [0.05, 0.1) is 7.11 Å². The maximum Gasteiger partial charge on any atom is 0.134 e. The molecule has 76 valence electrons. The fraction of sp³-hybridized carbons (Fsp3) is 0.300. The van der Waals surface area contributed by atoms with Crippen LogP contribution in [0, 0.1) is 5.82 Å². The van der Waals surface area contributed by atoms with Crippen LogP contribution in [0.25, 0.3) is 0 Å². The number of benzene rings is 1. The van der Waals surface area contributed by atoms with Crippen LogP contribution < -0.4 is 4.74 Å². The lowest BCUT2D eigenvalue weighted by Crippen LogP contribution is -2.02. The Morgan fingerprint density at radius 2 is 2.21 bits per heavy atom. The molecule has 0 bridgehead atoms. The lowest BCUT2D eigenvalue weighted by Gasteiger charge is -2.08. The van der Waals surface area contributed by atoms with Gasteiger partial charge >= 0.3 is 0 Å². The Balaban J connectivity index is 3.18. The molecular weight excluding hydrogens is 251 g/mol. The number of hydrogen-bond acceptors (Lipinski definition) is 2. The average molecular weight is 261 g/mol. The SMILES string of the molecule is COc1cc(Br)cc(F)c1CC(C)=O. The number of carbonyl (C=O) groups excluding carboxylic acids is 1. The van der Waals surface area contributed by atoms with Gasteiger partial charge in [0.2, 0.25) is 0 Å². The lowest BCUT2D eigenvalue weighted by atomic mass is 10.1. The van der Waals surface area contributed by atoms with E-state index in [1.54, 1.807) is 6.07 Å². The summed E-state index contributed by atoms with van der Waals surface area (Å²) in [7, 11) is 1.45. The number of rotatable bonds is 3. The summed E-state index contributed by atoms with van der Waals surface area (Å²) in [6, 6.07) is 2.96. The van der Waals surface area contributed by atoms with Crippen molar-refractivity contribution < 1.29 is 13.9 Å². The van der Waals surface area contributed by atoms with Gasteiger partial charge in [0.1, 0.15) is 17.3 Å². The van der Waals surface area contributed by atoms with Crippen LogP contribution in [0.2, 0.25) is 0 Å². The highest BCUT2D eigenvalue weighted by molar-refractivity contribution is 9.10. The topological polar surface area (TPSA) is 26.3 Å². The van der Waals surface area contributed by atoms with E-state index in [1.807, 2.05) is 0 Å². The smallest absolute Gasteiger partial charge is 0.134 e. The molecule has 1 rings (SSSR count). The molecule has 0 aliphatic carbocycles. The van der Waals surface area contributed by atoms with Gasteiger partial charge < -0.3 is 4.74 Å². The molecule has 0 N–H and O–H groups in total. The van der Waals surface area contributed by atoms with Gasteiger partial charge in [-0.2, -0.15) is 0 Å². The molecule has 0 heterocycles. The molecule has 0 fully saturated rings. The van der Waals surface area contributed by atoms with E-state index < -0.39 is 5.82 Å². The summed E-state index contributed by atoms with van der Waals surface area (Å²) in [4.78, 5) is 10.9. The Morgan fingerprint density at radius 3 is 2.71 bits per heavy atom. The second kappa shape index (κ2) is 4.55. The Kier molecular flexibility index (Phi) is 3.63. The standard InChI is InChI=1S/C10H10BrFO2/c1-6(13)3-8-9(12)4-7(11)5-10(8)14-2/h4-5H,3H2,1-2H3. The number of halogens is 2. The first-order chi connectivity index (χ1) is 6.54. The molecule has 2 nitrogen and oxygen atoms in total. The van der Waals surface area contributed by atoms with Crippen LogP contribution in [0.4, 0.5) is 4.39 Å². The van der Waals surface area contributed by atoms with Crippen LogP contribution in [-0.2, 0) is 11.2 Å². The first kappa shape index (κ1) is 11.2. The Morgan fingerprint density at radius 1 is 1.57 bits per heavy atom. The molecule has 0 saturated carbocycles. The van der Waals surface area contributed by atoms with Crippen molar-refractivity contribution >= 4 is 21.7 Å². The molecule has 0 spiro atoms. The van der Waals surface area contributed by atoms with E-state index in [1.165, 1.54) is 20.1 Å². The summed E-state index contributed by atoms with van der Waals surface area (Å²) < 4.78 is 19.0. The summed E-state index contributed by atoms with van der Waals surface area (Å²) in [5.74, 6) is -0.122. The van der Waals surface area contributed by atoms with Crippen LogP contribution >= 0.6 is 15.9 Å². The van der Waals surface area contributed by atoms with E-state index in [2.05, 4.69) is 15.9 Å². The third kappa shape index (κ3) is 2.54. The Labute approximate surface area is 90.2 Å². The largest absolute Gasteiger partial charge is 0.496 e. The van der Waals surface area contributed by atoms with Crippen molar-refractivity contribution in [3.8, 4) is 5.75 Å². The van der Waals surface area contributed by atoms with Crippen LogP contribution in [-0.4, -0.2) is 12.9 Å². The monoisotopic (exact) mass is 260 g/mol. The number of carbonyl (C=O) groups is 1. The number of methoxy groups -OCH3 is 1. The zero-order valence-electron chi connectivity index (χ0n) is 7.93. The fourth-order valence-corrected chi connectivity index (χ4v) is 1.59. The molecule has 0 radical (unpaired) electrons. The quantitative estimate of drug-likeness (QED) is 0.836. The first-order valence-electron chi connectivity index (χ1n) is 4.06. The number of hydrogen-bond donors (Lipinski definition) is 0. The molecule has 1 aromatic carbocycles. The van der Waals surface area contributed by atoms with Crippen molar-refractivity contribution in [1.82, 2.24) is 0 Å². The Hall–Kier alpha value is -0.900. The van der Waals surface area contributed by atoms with Crippen LogP contribution in [0.3, 0.4) is 0 Å². The average Bonchev–Trinajstić information content (AvgIpc) is 2.08. The number of Topliss-reactive ketones (excluding diaryl/α,β-unsaturated/α-hetero) is 1. The second-order valence-electron chi connectivity index (χ2n) is 2.95. The van der Waals surface area contributed by atoms with E-state index in [-0.39, 0.29) is 12.2 Å². The van der Waals surface area contributed by atoms with Gasteiger partial charge in [-0.1, -0.05) is 15.9 Å². The normalized spacial score (nSPS) is 10.0. The predicted molar refractivity (Wildman–Crippen MR) is 55.0 cm³/mol. The molecule has 4 heteroatoms. The number of ether oxygens (including phenoxy) is 1. The van der Waals surface area contributed by atoms with E-state index in [9.17, 15) is 9.18 Å². The maximum absolute atomic E-state index is 13.4. The minimum atomic E-state index is -0.425. The minimum Gasteiger partial charge on any atom is -0.496 e. The molecule has 0 amide bonds. The van der Waals surface area contributed by atoms with E-state index in [0.29, 0.717) is 15.8 Å². The molecule has 0 saturated heterocycles. The van der Waals surface area contributed by atoms with Crippen LogP contribution in [0.1, 0.15) is 12.5 Å². The third-order valence-electron chi connectivity index (χ3n) is 1.76. The van der Waals surface area contributed by atoms with Crippen molar-refractivity contribution in [3.63, 3.8) is 0 Å². The van der Waals surface area contributed by atoms with Gasteiger partial charge in [-0.25, -0.2) is 4.39 Å². The highest BCUT2D eigenvalue weighted by atomic mass is 79.9. The summed E-state index contributed by atoms with van der Waals surface area (Å²) in [5, 5.41) is 0. The molecule has 0 aliphatic rings. The van der Waals surface area contributed by atoms with Gasteiger partial charge in [0, 0.05) is 16.5 Å². The molecule has 14 heavy (non-hydrogen) atoms. The third-order valence-corrected chi connectivity index (χ3v) is 2.22. The van der Waals surface area contributed by atoms with Gasteiger partial charge in [0.25, 0.3) is 0 Å².